The van der Waals surface area contributed by atoms with Crippen LogP contribution in [0, 0.1) is 0 Å². The van der Waals surface area contributed by atoms with Gasteiger partial charge < -0.3 is 15.5 Å². The molecule has 70 valence electrons. The number of rotatable bonds is 2. The lowest BCUT2D eigenvalue weighted by molar-refractivity contribution is -0.130. The summed E-state index contributed by atoms with van der Waals surface area (Å²) in [4.78, 5) is 15.2. The van der Waals surface area contributed by atoms with Crippen LogP contribution in [0.3, 0.4) is 0 Å². The Balaban J connectivity index is 2.42. The minimum atomic E-state index is 0.0373. The van der Waals surface area contributed by atoms with Crippen molar-refractivity contribution in [3.63, 3.8) is 0 Å². The molecule has 1 fully saturated rings. The molecule has 0 aromatic rings. The molecule has 1 heterocycles. The maximum Gasteiger partial charge on any atom is 0.236 e. The molecule has 2 N–H and O–H groups in total. The SMILES string of the molecule is CN1CCC(N(C)C(=O)CN)C1. The van der Waals surface area contributed by atoms with Crippen LogP contribution in [0.1, 0.15) is 6.42 Å². The van der Waals surface area contributed by atoms with Gasteiger partial charge in [0.2, 0.25) is 5.91 Å². The Kier molecular flexibility index (Phi) is 3.05. The molecule has 0 radical (unpaired) electrons. The fourth-order valence-electron chi connectivity index (χ4n) is 1.58. The number of amides is 1. The summed E-state index contributed by atoms with van der Waals surface area (Å²) in [5, 5.41) is 0. The minimum Gasteiger partial charge on any atom is -0.340 e. The van der Waals surface area contributed by atoms with Crippen molar-refractivity contribution >= 4 is 5.91 Å². The Bertz CT molecular complexity index is 172. The second-order valence-corrected chi connectivity index (χ2v) is 3.41. The highest BCUT2D eigenvalue weighted by Crippen LogP contribution is 2.11. The number of hydrogen-bond donors (Lipinski definition) is 1. The van der Waals surface area contributed by atoms with E-state index in [1.165, 1.54) is 0 Å². The Morgan fingerprint density at radius 2 is 2.42 bits per heavy atom. The Labute approximate surface area is 73.3 Å². The van der Waals surface area contributed by atoms with E-state index in [0.717, 1.165) is 19.5 Å². The molecule has 1 unspecified atom stereocenters. The van der Waals surface area contributed by atoms with Gasteiger partial charge in [-0.15, -0.1) is 0 Å². The molecule has 0 saturated carbocycles. The van der Waals surface area contributed by atoms with E-state index in [4.69, 9.17) is 5.73 Å². The van der Waals surface area contributed by atoms with Gasteiger partial charge in [0.1, 0.15) is 0 Å². The van der Waals surface area contributed by atoms with Crippen LogP contribution in [0.15, 0.2) is 0 Å². The molecule has 1 amide bonds. The van der Waals surface area contributed by atoms with Crippen molar-refractivity contribution in [1.82, 2.24) is 9.80 Å². The zero-order valence-electron chi connectivity index (χ0n) is 7.79. The summed E-state index contributed by atoms with van der Waals surface area (Å²) in [6.07, 6.45) is 1.07. The number of nitrogens with zero attached hydrogens (tertiary/aromatic N) is 2. The van der Waals surface area contributed by atoms with Crippen LogP contribution in [0.2, 0.25) is 0 Å². The fourth-order valence-corrected chi connectivity index (χ4v) is 1.58. The highest BCUT2D eigenvalue weighted by atomic mass is 16.2. The lowest BCUT2D eigenvalue weighted by Crippen LogP contribution is -2.41. The third kappa shape index (κ3) is 1.95. The molecule has 1 aliphatic rings. The predicted octanol–water partition coefficient (Wildman–Crippen LogP) is -0.892. The molecule has 1 aliphatic heterocycles. The van der Waals surface area contributed by atoms with Crippen molar-refractivity contribution in [3.8, 4) is 0 Å². The van der Waals surface area contributed by atoms with Gasteiger partial charge in [-0.2, -0.15) is 0 Å². The Hall–Kier alpha value is -0.610. The number of carbonyl (C=O) groups is 1. The van der Waals surface area contributed by atoms with E-state index in [1.807, 2.05) is 7.05 Å². The third-order valence-corrected chi connectivity index (χ3v) is 2.48. The third-order valence-electron chi connectivity index (χ3n) is 2.48. The first-order chi connectivity index (χ1) is 5.65. The summed E-state index contributed by atoms with van der Waals surface area (Å²) < 4.78 is 0. The zero-order valence-corrected chi connectivity index (χ0v) is 7.79. The van der Waals surface area contributed by atoms with Gasteiger partial charge in [-0.25, -0.2) is 0 Å². The van der Waals surface area contributed by atoms with Gasteiger partial charge in [-0.3, -0.25) is 4.79 Å². The van der Waals surface area contributed by atoms with Crippen molar-refractivity contribution in [2.75, 3.05) is 33.7 Å². The smallest absolute Gasteiger partial charge is 0.236 e. The summed E-state index contributed by atoms with van der Waals surface area (Å²) in [5.41, 5.74) is 5.27. The van der Waals surface area contributed by atoms with E-state index < -0.39 is 0 Å². The average molecular weight is 171 g/mol. The first kappa shape index (κ1) is 9.48. The lowest BCUT2D eigenvalue weighted by Gasteiger charge is -2.23. The maximum absolute atomic E-state index is 11.2. The molecule has 1 saturated heterocycles. The van der Waals surface area contributed by atoms with Crippen molar-refractivity contribution in [2.24, 2.45) is 5.73 Å². The molecule has 0 aromatic carbocycles. The van der Waals surface area contributed by atoms with Crippen LogP contribution in [-0.4, -0.2) is 55.5 Å². The summed E-state index contributed by atoms with van der Waals surface area (Å²) in [7, 11) is 3.90. The van der Waals surface area contributed by atoms with Crippen LogP contribution in [0.5, 0.6) is 0 Å². The van der Waals surface area contributed by atoms with E-state index in [0.29, 0.717) is 6.04 Å². The van der Waals surface area contributed by atoms with Crippen LogP contribution < -0.4 is 5.73 Å². The van der Waals surface area contributed by atoms with E-state index in [-0.39, 0.29) is 12.5 Å². The van der Waals surface area contributed by atoms with E-state index in [9.17, 15) is 4.79 Å². The molecule has 4 heteroatoms. The normalized spacial score (nSPS) is 24.4. The van der Waals surface area contributed by atoms with Crippen LogP contribution in [-0.2, 0) is 4.79 Å². The summed E-state index contributed by atoms with van der Waals surface area (Å²) in [6, 6.07) is 0.367. The molecular formula is C8H17N3O. The zero-order chi connectivity index (χ0) is 9.14. The van der Waals surface area contributed by atoms with E-state index >= 15 is 0 Å². The second-order valence-electron chi connectivity index (χ2n) is 3.41. The van der Waals surface area contributed by atoms with Crippen LogP contribution >= 0.6 is 0 Å². The first-order valence-electron chi connectivity index (χ1n) is 4.29. The molecule has 4 nitrogen and oxygen atoms in total. The maximum atomic E-state index is 11.2. The summed E-state index contributed by atoms with van der Waals surface area (Å²) in [6.45, 7) is 2.17. The fraction of sp³-hybridized carbons (Fsp3) is 0.875. The Morgan fingerprint density at radius 3 is 2.83 bits per heavy atom. The number of nitrogens with two attached hydrogens (primary N) is 1. The van der Waals surface area contributed by atoms with Gasteiger partial charge in [-0.05, 0) is 20.0 Å². The quantitative estimate of drug-likeness (QED) is 0.586. The first-order valence-corrected chi connectivity index (χ1v) is 4.29. The molecular weight excluding hydrogens is 154 g/mol. The van der Waals surface area contributed by atoms with Gasteiger partial charge >= 0.3 is 0 Å². The van der Waals surface area contributed by atoms with E-state index in [2.05, 4.69) is 11.9 Å². The van der Waals surface area contributed by atoms with Crippen molar-refractivity contribution in [3.05, 3.63) is 0 Å². The standard InChI is InChI=1S/C8H17N3O/c1-10-4-3-7(6-10)11(2)8(12)5-9/h7H,3-6,9H2,1-2H3. The van der Waals surface area contributed by atoms with Crippen molar-refractivity contribution < 1.29 is 4.79 Å². The monoisotopic (exact) mass is 171 g/mol. The van der Waals surface area contributed by atoms with Gasteiger partial charge in [0.25, 0.3) is 0 Å². The summed E-state index contributed by atoms with van der Waals surface area (Å²) >= 11 is 0. The van der Waals surface area contributed by atoms with Gasteiger partial charge in [-0.1, -0.05) is 0 Å². The largest absolute Gasteiger partial charge is 0.340 e. The van der Waals surface area contributed by atoms with Crippen molar-refractivity contribution in [1.29, 1.82) is 0 Å². The van der Waals surface area contributed by atoms with Crippen LogP contribution in [0.4, 0.5) is 0 Å². The van der Waals surface area contributed by atoms with Crippen molar-refractivity contribution in [2.45, 2.75) is 12.5 Å². The molecule has 1 atom stereocenters. The highest BCUT2D eigenvalue weighted by Gasteiger charge is 2.25. The molecule has 12 heavy (non-hydrogen) atoms. The number of likely N-dealkylation sites (tertiary alicyclic amines) is 1. The predicted molar refractivity (Wildman–Crippen MR) is 47.7 cm³/mol. The van der Waals surface area contributed by atoms with Crippen LogP contribution in [0.25, 0.3) is 0 Å². The number of hydrogen-bond acceptors (Lipinski definition) is 3. The van der Waals surface area contributed by atoms with Gasteiger partial charge in [0, 0.05) is 19.6 Å². The molecule has 0 aliphatic carbocycles. The molecule has 0 spiro atoms. The molecule has 0 aromatic heterocycles. The topological polar surface area (TPSA) is 49.6 Å². The minimum absolute atomic E-state index is 0.0373. The Morgan fingerprint density at radius 1 is 1.75 bits per heavy atom. The lowest BCUT2D eigenvalue weighted by atomic mass is 10.2. The number of carbonyl (C=O) groups excluding carboxylic acids is 1. The summed E-state index contributed by atoms with van der Waals surface area (Å²) in [5.74, 6) is 0.0373. The van der Waals surface area contributed by atoms with Gasteiger partial charge in [0.15, 0.2) is 0 Å². The number of likely N-dealkylation sites (N-methyl/N-ethyl adjacent to an activating group) is 2. The van der Waals surface area contributed by atoms with Gasteiger partial charge in [0.05, 0.1) is 6.54 Å². The highest BCUT2D eigenvalue weighted by molar-refractivity contribution is 5.78. The second kappa shape index (κ2) is 3.87. The van der Waals surface area contributed by atoms with E-state index in [1.54, 1.807) is 4.90 Å². The molecule has 1 rings (SSSR count). The average Bonchev–Trinajstić information content (AvgIpc) is 2.49. The molecule has 0 bridgehead atoms.